The topological polar surface area (TPSA) is 55.3 Å². The fraction of sp³-hybridized carbons (Fsp3) is 0.250. The summed E-state index contributed by atoms with van der Waals surface area (Å²) in [6, 6.07) is 40.4. The number of aromatic nitrogens is 2. The van der Waals surface area contributed by atoms with Crippen molar-refractivity contribution in [1.82, 2.24) is 14.9 Å². The predicted octanol–water partition coefficient (Wildman–Crippen LogP) is 10.1. The summed E-state index contributed by atoms with van der Waals surface area (Å²) in [5.74, 6) is 1.25. The molecule has 0 saturated heterocycles. The summed E-state index contributed by atoms with van der Waals surface area (Å²) in [6.07, 6.45) is 9.63. The fourth-order valence-corrected chi connectivity index (χ4v) is 7.01. The highest BCUT2D eigenvalue weighted by atomic mass is 16.5. The third-order valence-corrected chi connectivity index (χ3v) is 9.42. The van der Waals surface area contributed by atoms with E-state index in [1.807, 2.05) is 42.7 Å². The minimum Gasteiger partial charge on any atom is -0.494 e. The molecule has 246 valence electrons. The van der Waals surface area contributed by atoms with Gasteiger partial charge in [-0.1, -0.05) is 78.9 Å². The number of Topliss-reactive ketones (excluding diaryl/α,β-unsaturated/α-hetero) is 1. The van der Waals surface area contributed by atoms with Crippen LogP contribution >= 0.6 is 0 Å². The van der Waals surface area contributed by atoms with Gasteiger partial charge >= 0.3 is 0 Å². The summed E-state index contributed by atoms with van der Waals surface area (Å²) in [7, 11) is 0. The second kappa shape index (κ2) is 15.8. The molecule has 49 heavy (non-hydrogen) atoms. The Labute approximate surface area is 288 Å². The van der Waals surface area contributed by atoms with Crippen molar-refractivity contribution < 1.29 is 9.53 Å². The lowest BCUT2D eigenvalue weighted by atomic mass is 9.90. The lowest BCUT2D eigenvalue weighted by molar-refractivity contribution is -0.119. The van der Waals surface area contributed by atoms with Crippen molar-refractivity contribution in [2.45, 2.75) is 64.6 Å². The maximum atomic E-state index is 12.7. The van der Waals surface area contributed by atoms with Gasteiger partial charge in [0.15, 0.2) is 0 Å². The quantitative estimate of drug-likeness (QED) is 0.0729. The molecule has 5 nitrogen and oxygen atoms in total. The maximum absolute atomic E-state index is 12.7. The molecule has 0 atom stereocenters. The number of carbonyl (C=O) groups excluding carboxylic acids is 1. The highest BCUT2D eigenvalue weighted by Crippen LogP contribution is 2.36. The highest BCUT2D eigenvalue weighted by Gasteiger charge is 2.13. The number of rotatable bonds is 17. The Morgan fingerprint density at radius 2 is 1.27 bits per heavy atom. The zero-order chi connectivity index (χ0) is 33.3. The van der Waals surface area contributed by atoms with Gasteiger partial charge in [-0.25, -0.2) is 0 Å². The summed E-state index contributed by atoms with van der Waals surface area (Å²) < 4.78 is 6.14. The molecular formula is C44H43N3O2. The van der Waals surface area contributed by atoms with Crippen molar-refractivity contribution >= 4 is 38.1 Å². The van der Waals surface area contributed by atoms with Crippen molar-refractivity contribution in [1.29, 1.82) is 0 Å². The number of pyridine rings is 2. The van der Waals surface area contributed by atoms with Crippen LogP contribution in [0.15, 0.2) is 128 Å². The summed E-state index contributed by atoms with van der Waals surface area (Å²) in [6.45, 7) is 2.89. The fourth-order valence-electron chi connectivity index (χ4n) is 7.01. The molecule has 7 rings (SSSR count). The van der Waals surface area contributed by atoms with Crippen molar-refractivity contribution in [2.75, 3.05) is 6.61 Å². The summed E-state index contributed by atoms with van der Waals surface area (Å²) in [5, 5.41) is 7.90. The average molecular weight is 646 g/mol. The summed E-state index contributed by atoms with van der Waals surface area (Å²) in [4.78, 5) is 24.2. The monoisotopic (exact) mass is 645 g/mol. The number of aryl methyl sites for hydroxylation is 1. The van der Waals surface area contributed by atoms with Crippen LogP contribution in [-0.2, 0) is 30.8 Å². The van der Waals surface area contributed by atoms with Crippen LogP contribution in [0, 0.1) is 0 Å². The molecule has 0 fully saturated rings. The SMILES string of the molecule is O=C(CCCCCOc1cccc(CN(Cc2ccccn2)Cc2ccccn2)c1)CCCc1ccc2ccc3cccc4ccc1c2c34. The highest BCUT2D eigenvalue weighted by molar-refractivity contribution is 6.23. The van der Waals surface area contributed by atoms with Gasteiger partial charge in [0.25, 0.3) is 0 Å². The standard InChI is InChI=1S/C44H43N3O2/c48-40(18-10-12-34-20-21-37-23-22-35-13-9-14-36-24-25-42(34)44(37)43(35)36)17-2-1-7-28-49-41-19-8-11-33(29-41)30-47(31-38-15-3-5-26-45-38)32-39-16-4-6-27-46-39/h3-6,8-9,11,13-16,19-27,29H,1-2,7,10,12,17-18,28,30-32H2. The minimum atomic E-state index is 0.368. The van der Waals surface area contributed by atoms with Crippen LogP contribution in [-0.4, -0.2) is 27.3 Å². The van der Waals surface area contributed by atoms with E-state index in [-0.39, 0.29) is 0 Å². The zero-order valence-corrected chi connectivity index (χ0v) is 28.1. The van der Waals surface area contributed by atoms with Crippen LogP contribution < -0.4 is 4.74 Å². The number of ether oxygens (including phenoxy) is 1. The van der Waals surface area contributed by atoms with E-state index in [0.717, 1.165) is 68.9 Å². The van der Waals surface area contributed by atoms with Crippen LogP contribution in [0.5, 0.6) is 5.75 Å². The summed E-state index contributed by atoms with van der Waals surface area (Å²) >= 11 is 0. The van der Waals surface area contributed by atoms with Gasteiger partial charge in [0.1, 0.15) is 11.5 Å². The van der Waals surface area contributed by atoms with Crippen LogP contribution in [0.2, 0.25) is 0 Å². The number of benzene rings is 5. The Morgan fingerprint density at radius 1 is 0.592 bits per heavy atom. The van der Waals surface area contributed by atoms with Crippen LogP contribution in [0.3, 0.4) is 0 Å². The van der Waals surface area contributed by atoms with Crippen LogP contribution in [0.4, 0.5) is 0 Å². The van der Waals surface area contributed by atoms with E-state index >= 15 is 0 Å². The second-order valence-corrected chi connectivity index (χ2v) is 13.1. The number of carbonyl (C=O) groups is 1. The smallest absolute Gasteiger partial charge is 0.132 e. The number of hydrogen-bond donors (Lipinski definition) is 0. The molecule has 0 bridgehead atoms. The Balaban J connectivity index is 0.840. The third-order valence-electron chi connectivity index (χ3n) is 9.42. The van der Waals surface area contributed by atoms with E-state index in [9.17, 15) is 4.79 Å². The number of hydrogen-bond acceptors (Lipinski definition) is 5. The second-order valence-electron chi connectivity index (χ2n) is 13.1. The first-order chi connectivity index (χ1) is 24.2. The van der Waals surface area contributed by atoms with E-state index in [1.165, 1.54) is 43.4 Å². The van der Waals surface area contributed by atoms with E-state index in [4.69, 9.17) is 4.74 Å². The molecule has 0 aliphatic heterocycles. The van der Waals surface area contributed by atoms with Gasteiger partial charge in [0.2, 0.25) is 0 Å². The zero-order valence-electron chi connectivity index (χ0n) is 28.1. The van der Waals surface area contributed by atoms with Gasteiger partial charge in [-0.15, -0.1) is 0 Å². The molecule has 0 unspecified atom stereocenters. The molecule has 0 amide bonds. The first-order valence-corrected chi connectivity index (χ1v) is 17.6. The first-order valence-electron chi connectivity index (χ1n) is 17.6. The normalized spacial score (nSPS) is 11.6. The lowest BCUT2D eigenvalue weighted by Crippen LogP contribution is -2.23. The van der Waals surface area contributed by atoms with Gasteiger partial charge < -0.3 is 4.74 Å². The van der Waals surface area contributed by atoms with Crippen molar-refractivity contribution in [3.8, 4) is 5.75 Å². The predicted molar refractivity (Wildman–Crippen MR) is 200 cm³/mol. The largest absolute Gasteiger partial charge is 0.494 e. The van der Waals surface area contributed by atoms with E-state index in [2.05, 4.69) is 99.8 Å². The van der Waals surface area contributed by atoms with Crippen molar-refractivity contribution in [3.05, 3.63) is 150 Å². The number of unbranched alkanes of at least 4 members (excludes halogenated alkanes) is 2. The molecule has 0 N–H and O–H groups in total. The van der Waals surface area contributed by atoms with E-state index < -0.39 is 0 Å². The maximum Gasteiger partial charge on any atom is 0.132 e. The Kier molecular flexibility index (Phi) is 10.5. The summed E-state index contributed by atoms with van der Waals surface area (Å²) in [5.41, 5.74) is 4.60. The van der Waals surface area contributed by atoms with Crippen LogP contribution in [0.1, 0.15) is 61.0 Å². The molecule has 5 aromatic carbocycles. The molecular weight excluding hydrogens is 603 g/mol. The molecule has 0 radical (unpaired) electrons. The average Bonchev–Trinajstić information content (AvgIpc) is 3.13. The Bertz CT molecular complexity index is 2060. The molecule has 0 spiro atoms. The third kappa shape index (κ3) is 8.30. The van der Waals surface area contributed by atoms with Crippen molar-refractivity contribution in [2.24, 2.45) is 0 Å². The van der Waals surface area contributed by atoms with Gasteiger partial charge in [-0.05, 0) is 112 Å². The molecule has 0 saturated carbocycles. The number of nitrogens with zero attached hydrogens (tertiary/aromatic N) is 3. The van der Waals surface area contributed by atoms with Crippen LogP contribution in [0.25, 0.3) is 32.3 Å². The Morgan fingerprint density at radius 3 is 2.00 bits per heavy atom. The minimum absolute atomic E-state index is 0.368. The molecule has 7 aromatic rings. The van der Waals surface area contributed by atoms with Gasteiger partial charge in [-0.2, -0.15) is 0 Å². The van der Waals surface area contributed by atoms with Gasteiger partial charge in [0, 0.05) is 44.9 Å². The van der Waals surface area contributed by atoms with E-state index in [0.29, 0.717) is 25.2 Å². The first kappa shape index (κ1) is 32.4. The molecule has 2 heterocycles. The molecule has 2 aromatic heterocycles. The Hall–Kier alpha value is -5.13. The molecule has 5 heteroatoms. The van der Waals surface area contributed by atoms with Gasteiger partial charge in [-0.3, -0.25) is 19.7 Å². The molecule has 0 aliphatic rings. The van der Waals surface area contributed by atoms with Crippen molar-refractivity contribution in [3.63, 3.8) is 0 Å². The number of ketones is 1. The molecule has 0 aliphatic carbocycles. The van der Waals surface area contributed by atoms with Gasteiger partial charge in [0.05, 0.1) is 18.0 Å². The lowest BCUT2D eigenvalue weighted by Gasteiger charge is -2.22. The van der Waals surface area contributed by atoms with E-state index in [1.54, 1.807) is 0 Å².